The van der Waals surface area contributed by atoms with E-state index in [2.05, 4.69) is 10.2 Å². The van der Waals surface area contributed by atoms with Gasteiger partial charge < -0.3 is 14.6 Å². The third kappa shape index (κ3) is 2.55. The van der Waals surface area contributed by atoms with Crippen LogP contribution in [0.15, 0.2) is 42.5 Å². The molecule has 3 aromatic rings. The first kappa shape index (κ1) is 13.8. The van der Waals surface area contributed by atoms with Gasteiger partial charge in [-0.3, -0.25) is 9.67 Å². The van der Waals surface area contributed by atoms with Gasteiger partial charge in [0.2, 0.25) is 6.79 Å². The molecule has 116 valence electrons. The fraction of sp³-hybridized carbons (Fsp3) is 0.125. The van der Waals surface area contributed by atoms with E-state index in [-0.39, 0.29) is 12.5 Å². The highest BCUT2D eigenvalue weighted by Crippen LogP contribution is 2.33. The normalized spacial score (nSPS) is 12.5. The SMILES string of the molecule is Oc1ccc(-c2n[nH]c(=S)n2Cc2ccc3c(c2)OCO3)cc1. The summed E-state index contributed by atoms with van der Waals surface area (Å²) in [7, 11) is 0. The highest BCUT2D eigenvalue weighted by atomic mass is 32.1. The number of phenols is 1. The van der Waals surface area contributed by atoms with E-state index in [0.717, 1.165) is 22.6 Å². The summed E-state index contributed by atoms with van der Waals surface area (Å²) in [6.07, 6.45) is 0. The maximum atomic E-state index is 9.42. The smallest absolute Gasteiger partial charge is 0.231 e. The number of H-pyrrole nitrogens is 1. The summed E-state index contributed by atoms with van der Waals surface area (Å²) in [5, 5.41) is 16.5. The predicted molar refractivity (Wildman–Crippen MR) is 86.2 cm³/mol. The van der Waals surface area contributed by atoms with Gasteiger partial charge in [-0.05, 0) is 54.2 Å². The Balaban J connectivity index is 1.71. The fourth-order valence-corrected chi connectivity index (χ4v) is 2.71. The van der Waals surface area contributed by atoms with Gasteiger partial charge in [0.25, 0.3) is 0 Å². The molecule has 2 aromatic carbocycles. The van der Waals surface area contributed by atoms with Crippen LogP contribution in [0.25, 0.3) is 11.4 Å². The Hall–Kier alpha value is -2.80. The van der Waals surface area contributed by atoms with E-state index < -0.39 is 0 Å². The van der Waals surface area contributed by atoms with E-state index in [4.69, 9.17) is 21.7 Å². The lowest BCUT2D eigenvalue weighted by Gasteiger charge is -2.08. The molecule has 2 heterocycles. The molecule has 0 bridgehead atoms. The molecule has 4 rings (SSSR count). The van der Waals surface area contributed by atoms with Crippen molar-refractivity contribution in [3.63, 3.8) is 0 Å². The molecule has 2 N–H and O–H groups in total. The largest absolute Gasteiger partial charge is 0.508 e. The number of aromatic hydroxyl groups is 1. The van der Waals surface area contributed by atoms with E-state index in [0.29, 0.717) is 17.1 Å². The van der Waals surface area contributed by atoms with E-state index in [1.165, 1.54) is 0 Å². The van der Waals surface area contributed by atoms with Crippen LogP contribution in [0.2, 0.25) is 0 Å². The van der Waals surface area contributed by atoms with E-state index >= 15 is 0 Å². The lowest BCUT2D eigenvalue weighted by atomic mass is 10.1. The highest BCUT2D eigenvalue weighted by Gasteiger charge is 2.15. The average molecular weight is 327 g/mol. The first-order valence-corrected chi connectivity index (χ1v) is 7.45. The van der Waals surface area contributed by atoms with Gasteiger partial charge in [-0.15, -0.1) is 0 Å². The van der Waals surface area contributed by atoms with Crippen molar-refractivity contribution in [1.82, 2.24) is 14.8 Å². The molecule has 1 aromatic heterocycles. The molecule has 7 heteroatoms. The van der Waals surface area contributed by atoms with Crippen LogP contribution in [0, 0.1) is 4.77 Å². The van der Waals surface area contributed by atoms with Crippen molar-refractivity contribution >= 4 is 12.2 Å². The Labute approximate surface area is 136 Å². The predicted octanol–water partition coefficient (Wildman–Crippen LogP) is 3.09. The van der Waals surface area contributed by atoms with Crippen molar-refractivity contribution in [2.24, 2.45) is 0 Å². The number of hydrogen-bond acceptors (Lipinski definition) is 5. The number of aromatic amines is 1. The quantitative estimate of drug-likeness (QED) is 0.723. The van der Waals surface area contributed by atoms with Crippen LogP contribution in [0.4, 0.5) is 0 Å². The fourth-order valence-electron chi connectivity index (χ4n) is 2.52. The molecule has 1 aliphatic rings. The van der Waals surface area contributed by atoms with Gasteiger partial charge in [-0.25, -0.2) is 0 Å². The second-order valence-electron chi connectivity index (χ2n) is 5.17. The third-order valence-corrected chi connectivity index (χ3v) is 3.97. The lowest BCUT2D eigenvalue weighted by molar-refractivity contribution is 0.174. The molecule has 0 saturated carbocycles. The summed E-state index contributed by atoms with van der Waals surface area (Å²) in [5.41, 5.74) is 1.91. The summed E-state index contributed by atoms with van der Waals surface area (Å²) in [4.78, 5) is 0. The molecule has 0 radical (unpaired) electrons. The van der Waals surface area contributed by atoms with Gasteiger partial charge in [-0.1, -0.05) is 6.07 Å². The molecule has 6 nitrogen and oxygen atoms in total. The maximum Gasteiger partial charge on any atom is 0.231 e. The molecule has 0 unspecified atom stereocenters. The molecule has 0 fully saturated rings. The Morgan fingerprint density at radius 2 is 1.91 bits per heavy atom. The minimum absolute atomic E-state index is 0.213. The van der Waals surface area contributed by atoms with Crippen molar-refractivity contribution in [2.45, 2.75) is 6.54 Å². The lowest BCUT2D eigenvalue weighted by Crippen LogP contribution is -2.02. The van der Waals surface area contributed by atoms with Crippen molar-refractivity contribution in [1.29, 1.82) is 0 Å². The zero-order valence-electron chi connectivity index (χ0n) is 12.0. The number of rotatable bonds is 3. The number of ether oxygens (including phenoxy) is 2. The summed E-state index contributed by atoms with van der Waals surface area (Å²) < 4.78 is 13.2. The van der Waals surface area contributed by atoms with Crippen LogP contribution in [-0.4, -0.2) is 26.7 Å². The Bertz CT molecular complexity index is 915. The summed E-state index contributed by atoms with van der Waals surface area (Å²) in [6.45, 7) is 0.810. The van der Waals surface area contributed by atoms with Gasteiger partial charge in [-0.2, -0.15) is 5.10 Å². The molecular weight excluding hydrogens is 314 g/mol. The number of phenolic OH excluding ortho intramolecular Hbond substituents is 1. The second-order valence-corrected chi connectivity index (χ2v) is 5.56. The summed E-state index contributed by atoms with van der Waals surface area (Å²) in [6, 6.07) is 12.7. The molecule has 0 spiro atoms. The van der Waals surface area contributed by atoms with E-state index in [1.807, 2.05) is 22.8 Å². The number of nitrogens with one attached hydrogen (secondary N) is 1. The number of fused-ring (bicyclic) bond motifs is 1. The number of aromatic nitrogens is 3. The van der Waals surface area contributed by atoms with E-state index in [9.17, 15) is 5.11 Å². The third-order valence-electron chi connectivity index (χ3n) is 3.66. The number of hydrogen-bond donors (Lipinski definition) is 2. The molecule has 23 heavy (non-hydrogen) atoms. The molecule has 0 aliphatic carbocycles. The number of nitrogens with zero attached hydrogens (tertiary/aromatic N) is 2. The van der Waals surface area contributed by atoms with Crippen LogP contribution in [-0.2, 0) is 6.54 Å². The van der Waals surface area contributed by atoms with Crippen molar-refractivity contribution in [3.8, 4) is 28.6 Å². The zero-order valence-corrected chi connectivity index (χ0v) is 12.8. The van der Waals surface area contributed by atoms with Crippen LogP contribution in [0.5, 0.6) is 17.2 Å². The van der Waals surface area contributed by atoms with Gasteiger partial charge in [0.15, 0.2) is 22.1 Å². The van der Waals surface area contributed by atoms with Crippen LogP contribution < -0.4 is 9.47 Å². The highest BCUT2D eigenvalue weighted by molar-refractivity contribution is 7.71. The van der Waals surface area contributed by atoms with Gasteiger partial charge in [0, 0.05) is 5.56 Å². The molecule has 0 amide bonds. The van der Waals surface area contributed by atoms with Gasteiger partial charge in [0.05, 0.1) is 6.54 Å². The first-order chi connectivity index (χ1) is 11.2. The standard InChI is InChI=1S/C16H13N3O3S/c20-12-4-2-11(3-5-12)15-17-18-16(23)19(15)8-10-1-6-13-14(7-10)22-9-21-13/h1-7,20H,8-9H2,(H,18,23). The molecule has 1 aliphatic heterocycles. The maximum absolute atomic E-state index is 9.42. The minimum atomic E-state index is 0.213. The van der Waals surface area contributed by atoms with Crippen LogP contribution in [0.1, 0.15) is 5.56 Å². The monoisotopic (exact) mass is 327 g/mol. The zero-order chi connectivity index (χ0) is 15.8. The average Bonchev–Trinajstić information content (AvgIpc) is 3.16. The van der Waals surface area contributed by atoms with E-state index in [1.54, 1.807) is 24.3 Å². The minimum Gasteiger partial charge on any atom is -0.508 e. The second kappa shape index (κ2) is 5.44. The Kier molecular flexibility index (Phi) is 3.27. The van der Waals surface area contributed by atoms with Crippen molar-refractivity contribution in [3.05, 3.63) is 52.8 Å². The van der Waals surface area contributed by atoms with Crippen molar-refractivity contribution in [2.75, 3.05) is 6.79 Å². The van der Waals surface area contributed by atoms with Crippen LogP contribution in [0.3, 0.4) is 0 Å². The molecule has 0 saturated heterocycles. The summed E-state index contributed by atoms with van der Waals surface area (Å²) in [5.74, 6) is 2.42. The Morgan fingerprint density at radius 3 is 2.74 bits per heavy atom. The molecular formula is C16H13N3O3S. The topological polar surface area (TPSA) is 72.3 Å². The van der Waals surface area contributed by atoms with Gasteiger partial charge >= 0.3 is 0 Å². The Morgan fingerprint density at radius 1 is 1.13 bits per heavy atom. The van der Waals surface area contributed by atoms with Gasteiger partial charge in [0.1, 0.15) is 5.75 Å². The van der Waals surface area contributed by atoms with Crippen LogP contribution >= 0.6 is 12.2 Å². The summed E-state index contributed by atoms with van der Waals surface area (Å²) >= 11 is 5.34. The van der Waals surface area contributed by atoms with Crippen molar-refractivity contribution < 1.29 is 14.6 Å². The first-order valence-electron chi connectivity index (χ1n) is 7.04. The molecule has 0 atom stereocenters. The number of benzene rings is 2.